The molecule has 0 radical (unpaired) electrons. The molecule has 3 nitrogen and oxygen atoms in total. The van der Waals surface area contributed by atoms with Gasteiger partial charge in [-0.3, -0.25) is 4.79 Å². The molecule has 0 aromatic carbocycles. The van der Waals surface area contributed by atoms with Gasteiger partial charge in [-0.25, -0.2) is 0 Å². The molecule has 0 atom stereocenters. The summed E-state index contributed by atoms with van der Waals surface area (Å²) in [5.74, 6) is 0.506. The van der Waals surface area contributed by atoms with E-state index in [9.17, 15) is 4.79 Å². The third-order valence-corrected chi connectivity index (χ3v) is 2.33. The van der Waals surface area contributed by atoms with Crippen LogP contribution < -0.4 is 0 Å². The van der Waals surface area contributed by atoms with Gasteiger partial charge in [-0.2, -0.15) is 0 Å². The van der Waals surface area contributed by atoms with Crippen LogP contribution in [-0.2, 0) is 4.79 Å². The highest BCUT2D eigenvalue weighted by Crippen LogP contribution is 2.00. The van der Waals surface area contributed by atoms with Gasteiger partial charge in [0.25, 0.3) is 0 Å². The van der Waals surface area contributed by atoms with Crippen molar-refractivity contribution in [2.45, 2.75) is 59.8 Å². The number of aliphatic carboxylic acids is 1. The van der Waals surface area contributed by atoms with Crippen LogP contribution in [0.5, 0.6) is 0 Å². The Hall–Kier alpha value is -1.09. The standard InChI is InChI=1S/C9H16O2.C8H16O/c1-8(2)6-4-3-5-7-9(10)11;1-8(2)6-4-3-5-7-9/h4,6,8H,3,5,7H2,1-2H3,(H,10,11);4,6,8-9H,3,5,7H2,1-2H3/b2*6-4+. The van der Waals surface area contributed by atoms with Gasteiger partial charge in [-0.15, -0.1) is 0 Å². The summed E-state index contributed by atoms with van der Waals surface area (Å²) >= 11 is 0. The highest BCUT2D eigenvalue weighted by molar-refractivity contribution is 5.66. The minimum Gasteiger partial charge on any atom is -0.481 e. The normalized spacial score (nSPS) is 11.3. The Labute approximate surface area is 124 Å². The summed E-state index contributed by atoms with van der Waals surface area (Å²) in [6.45, 7) is 8.81. The van der Waals surface area contributed by atoms with Crippen LogP contribution in [0.25, 0.3) is 0 Å². The number of rotatable bonds is 9. The van der Waals surface area contributed by atoms with Crippen LogP contribution in [0.2, 0.25) is 0 Å². The largest absolute Gasteiger partial charge is 0.481 e. The number of carbonyl (C=O) groups is 1. The van der Waals surface area contributed by atoms with Crippen LogP contribution in [0.3, 0.4) is 0 Å². The maximum absolute atomic E-state index is 10.1. The van der Waals surface area contributed by atoms with Crippen molar-refractivity contribution in [2.75, 3.05) is 6.61 Å². The Kier molecular flexibility index (Phi) is 16.9. The molecule has 3 heteroatoms. The van der Waals surface area contributed by atoms with Crippen LogP contribution in [0, 0.1) is 11.8 Å². The van der Waals surface area contributed by atoms with Gasteiger partial charge in [0.2, 0.25) is 0 Å². The predicted octanol–water partition coefficient (Wildman–Crippen LogP) is 4.42. The molecule has 0 aliphatic heterocycles. The van der Waals surface area contributed by atoms with Crippen LogP contribution in [-0.4, -0.2) is 22.8 Å². The average molecular weight is 284 g/mol. The van der Waals surface area contributed by atoms with E-state index < -0.39 is 5.97 Å². The third kappa shape index (κ3) is 25.7. The third-order valence-electron chi connectivity index (χ3n) is 2.33. The fourth-order valence-corrected chi connectivity index (χ4v) is 1.32. The van der Waals surface area contributed by atoms with E-state index >= 15 is 0 Å². The van der Waals surface area contributed by atoms with Crippen molar-refractivity contribution in [3.8, 4) is 0 Å². The Morgan fingerprint density at radius 1 is 0.950 bits per heavy atom. The molecule has 0 aliphatic rings. The second-order valence-corrected chi connectivity index (χ2v) is 5.50. The second-order valence-electron chi connectivity index (χ2n) is 5.50. The number of hydrogen-bond donors (Lipinski definition) is 2. The Bertz CT molecular complexity index is 265. The molecule has 118 valence electrons. The topological polar surface area (TPSA) is 57.5 Å². The first-order valence-corrected chi connectivity index (χ1v) is 7.56. The number of aliphatic hydroxyl groups is 1. The molecule has 0 amide bonds. The van der Waals surface area contributed by atoms with E-state index in [0.717, 1.165) is 25.7 Å². The summed E-state index contributed by atoms with van der Waals surface area (Å²) < 4.78 is 0. The SMILES string of the molecule is CC(C)/C=C/CCCC(=O)O.CC(C)/C=C/CCCO. The lowest BCUT2D eigenvalue weighted by Gasteiger charge is -1.93. The molecule has 0 rings (SSSR count). The second kappa shape index (κ2) is 16.0. The van der Waals surface area contributed by atoms with Gasteiger partial charge in [0.05, 0.1) is 0 Å². The molecule has 0 aromatic rings. The van der Waals surface area contributed by atoms with Crippen molar-refractivity contribution in [3.05, 3.63) is 24.3 Å². The molecule has 0 bridgehead atoms. The van der Waals surface area contributed by atoms with E-state index in [1.165, 1.54) is 0 Å². The van der Waals surface area contributed by atoms with Gasteiger partial charge in [0.1, 0.15) is 0 Å². The molecule has 0 fully saturated rings. The monoisotopic (exact) mass is 284 g/mol. The van der Waals surface area contributed by atoms with E-state index in [1.807, 2.05) is 6.08 Å². The van der Waals surface area contributed by atoms with Crippen molar-refractivity contribution >= 4 is 5.97 Å². The molecule has 0 unspecified atom stereocenters. The zero-order valence-electron chi connectivity index (χ0n) is 13.5. The lowest BCUT2D eigenvalue weighted by Crippen LogP contribution is -1.92. The first kappa shape index (κ1) is 21.2. The maximum Gasteiger partial charge on any atom is 0.303 e. The van der Waals surface area contributed by atoms with Crippen LogP contribution in [0.15, 0.2) is 24.3 Å². The molecular weight excluding hydrogens is 252 g/mol. The molecule has 0 heterocycles. The zero-order chi connectivity index (χ0) is 15.8. The van der Waals surface area contributed by atoms with Crippen LogP contribution in [0.1, 0.15) is 59.8 Å². The number of unbranched alkanes of at least 4 members (excludes halogenated alkanes) is 2. The van der Waals surface area contributed by atoms with Crippen molar-refractivity contribution in [1.82, 2.24) is 0 Å². The lowest BCUT2D eigenvalue weighted by atomic mass is 10.1. The molecule has 0 saturated carbocycles. The molecule has 0 spiro atoms. The van der Waals surface area contributed by atoms with E-state index in [-0.39, 0.29) is 6.42 Å². The first-order valence-electron chi connectivity index (χ1n) is 7.56. The van der Waals surface area contributed by atoms with Crippen molar-refractivity contribution < 1.29 is 15.0 Å². The van der Waals surface area contributed by atoms with Crippen molar-refractivity contribution in [3.63, 3.8) is 0 Å². The van der Waals surface area contributed by atoms with Gasteiger partial charge < -0.3 is 10.2 Å². The van der Waals surface area contributed by atoms with Gasteiger partial charge >= 0.3 is 5.97 Å². The summed E-state index contributed by atoms with van der Waals surface area (Å²) in [6.07, 6.45) is 12.2. The van der Waals surface area contributed by atoms with Crippen molar-refractivity contribution in [2.24, 2.45) is 11.8 Å². The quantitative estimate of drug-likeness (QED) is 0.486. The Balaban J connectivity index is 0. The summed E-state index contributed by atoms with van der Waals surface area (Å²) in [5.41, 5.74) is 0. The fourth-order valence-electron chi connectivity index (χ4n) is 1.32. The number of carboxylic acids is 1. The van der Waals surface area contributed by atoms with E-state index in [0.29, 0.717) is 18.4 Å². The van der Waals surface area contributed by atoms with Gasteiger partial charge in [-0.05, 0) is 37.5 Å². The molecule has 0 aromatic heterocycles. The minimum absolute atomic E-state index is 0.280. The van der Waals surface area contributed by atoms with Gasteiger partial charge in [-0.1, -0.05) is 52.0 Å². The highest BCUT2D eigenvalue weighted by atomic mass is 16.4. The molecular formula is C17H32O3. The maximum atomic E-state index is 10.1. The van der Waals surface area contributed by atoms with E-state index in [2.05, 4.69) is 45.9 Å². The number of allylic oxidation sites excluding steroid dienone is 4. The molecule has 2 N–H and O–H groups in total. The number of hydrogen-bond acceptors (Lipinski definition) is 2. The summed E-state index contributed by atoms with van der Waals surface area (Å²) in [7, 11) is 0. The van der Waals surface area contributed by atoms with E-state index in [4.69, 9.17) is 10.2 Å². The first-order chi connectivity index (χ1) is 9.40. The zero-order valence-corrected chi connectivity index (χ0v) is 13.5. The Morgan fingerprint density at radius 3 is 1.75 bits per heavy atom. The molecule has 0 saturated heterocycles. The van der Waals surface area contributed by atoms with Crippen molar-refractivity contribution in [1.29, 1.82) is 0 Å². The molecule has 20 heavy (non-hydrogen) atoms. The van der Waals surface area contributed by atoms with Gasteiger partial charge in [0, 0.05) is 13.0 Å². The predicted molar refractivity (Wildman–Crippen MR) is 85.8 cm³/mol. The Morgan fingerprint density at radius 2 is 1.40 bits per heavy atom. The summed E-state index contributed by atoms with van der Waals surface area (Å²) in [4.78, 5) is 10.1. The number of aliphatic hydroxyl groups excluding tert-OH is 1. The van der Waals surface area contributed by atoms with E-state index in [1.54, 1.807) is 0 Å². The minimum atomic E-state index is -0.706. The lowest BCUT2D eigenvalue weighted by molar-refractivity contribution is -0.137. The molecule has 0 aliphatic carbocycles. The van der Waals surface area contributed by atoms with Gasteiger partial charge in [0.15, 0.2) is 0 Å². The van der Waals surface area contributed by atoms with Crippen LogP contribution in [0.4, 0.5) is 0 Å². The van der Waals surface area contributed by atoms with Crippen LogP contribution >= 0.6 is 0 Å². The number of carboxylic acid groups (broad SMARTS) is 1. The fraction of sp³-hybridized carbons (Fsp3) is 0.706. The summed E-state index contributed by atoms with van der Waals surface area (Å²) in [6, 6.07) is 0. The summed E-state index contributed by atoms with van der Waals surface area (Å²) in [5, 5.41) is 16.7. The smallest absolute Gasteiger partial charge is 0.303 e. The highest BCUT2D eigenvalue weighted by Gasteiger charge is 1.93. The average Bonchev–Trinajstić information content (AvgIpc) is 2.34.